The van der Waals surface area contributed by atoms with Gasteiger partial charge in [-0.2, -0.15) is 0 Å². The van der Waals surface area contributed by atoms with Gasteiger partial charge in [-0.3, -0.25) is 4.57 Å². The molecule has 0 unspecified atom stereocenters. The molecule has 8 heteroatoms. The zero-order valence-corrected chi connectivity index (χ0v) is 10.1. The second-order valence-electron chi connectivity index (χ2n) is 3.55. The molecule has 0 amide bonds. The van der Waals surface area contributed by atoms with Crippen LogP contribution in [0.3, 0.4) is 0 Å². The molecule has 96 valence electrons. The first-order valence-corrected chi connectivity index (χ1v) is 5.63. The lowest BCUT2D eigenvalue weighted by molar-refractivity contribution is 0.0692. The molecule has 0 saturated carbocycles. The molecular weight excluding hydrogens is 236 g/mol. The Morgan fingerprint density at radius 1 is 1.50 bits per heavy atom. The predicted octanol–water partition coefficient (Wildman–Crippen LogP) is 0.818. The molecule has 0 radical (unpaired) electrons. The van der Waals surface area contributed by atoms with Gasteiger partial charge in [0, 0.05) is 13.1 Å². The summed E-state index contributed by atoms with van der Waals surface area (Å²) in [7, 11) is 0. The van der Waals surface area contributed by atoms with Gasteiger partial charge in [-0.05, 0) is 13.8 Å². The Morgan fingerprint density at radius 3 is 2.89 bits per heavy atom. The van der Waals surface area contributed by atoms with Crippen LogP contribution >= 0.6 is 0 Å². The number of aromatic nitrogens is 5. The summed E-state index contributed by atoms with van der Waals surface area (Å²) in [5, 5.41) is 20.1. The fourth-order valence-electron chi connectivity index (χ4n) is 1.69. The molecule has 18 heavy (non-hydrogen) atoms. The summed E-state index contributed by atoms with van der Waals surface area (Å²) in [6.07, 6.45) is 1.33. The van der Waals surface area contributed by atoms with E-state index in [4.69, 9.17) is 5.11 Å². The maximum Gasteiger partial charge on any atom is 0.354 e. The smallest absolute Gasteiger partial charge is 0.354 e. The fraction of sp³-hybridized carbons (Fsp3) is 0.400. The largest absolute Gasteiger partial charge is 0.477 e. The van der Waals surface area contributed by atoms with E-state index < -0.39 is 5.97 Å². The monoisotopic (exact) mass is 250 g/mol. The van der Waals surface area contributed by atoms with E-state index in [-0.39, 0.29) is 5.69 Å². The first-order valence-electron chi connectivity index (χ1n) is 5.63. The van der Waals surface area contributed by atoms with Crippen molar-refractivity contribution in [2.45, 2.75) is 20.4 Å². The van der Waals surface area contributed by atoms with Gasteiger partial charge < -0.3 is 15.4 Å². The van der Waals surface area contributed by atoms with Gasteiger partial charge in [0.1, 0.15) is 5.69 Å². The highest BCUT2D eigenvalue weighted by Gasteiger charge is 2.21. The Morgan fingerprint density at radius 2 is 2.28 bits per heavy atom. The fourth-order valence-corrected chi connectivity index (χ4v) is 1.69. The minimum Gasteiger partial charge on any atom is -0.477 e. The molecule has 0 spiro atoms. The number of rotatable bonds is 5. The quantitative estimate of drug-likeness (QED) is 0.724. The van der Waals surface area contributed by atoms with Gasteiger partial charge >= 0.3 is 5.97 Å². The summed E-state index contributed by atoms with van der Waals surface area (Å²) in [6.45, 7) is 5.22. The summed E-state index contributed by atoms with van der Waals surface area (Å²) >= 11 is 0. The van der Waals surface area contributed by atoms with Crippen molar-refractivity contribution in [2.75, 3.05) is 11.9 Å². The van der Waals surface area contributed by atoms with E-state index >= 15 is 0 Å². The van der Waals surface area contributed by atoms with E-state index in [0.717, 1.165) is 0 Å². The number of H-pyrrole nitrogens is 1. The zero-order valence-electron chi connectivity index (χ0n) is 10.1. The summed E-state index contributed by atoms with van der Waals surface area (Å²) < 4.78 is 1.78. The van der Waals surface area contributed by atoms with E-state index in [0.29, 0.717) is 30.6 Å². The van der Waals surface area contributed by atoms with E-state index in [1.54, 1.807) is 4.57 Å². The van der Waals surface area contributed by atoms with Crippen LogP contribution in [-0.4, -0.2) is 42.4 Å². The number of hydrogen-bond acceptors (Lipinski definition) is 5. The third-order valence-electron chi connectivity index (χ3n) is 2.47. The molecule has 2 rings (SSSR count). The van der Waals surface area contributed by atoms with Crippen molar-refractivity contribution < 1.29 is 9.90 Å². The molecule has 0 fully saturated rings. The maximum absolute atomic E-state index is 11.0. The highest BCUT2D eigenvalue weighted by molar-refractivity contribution is 5.91. The van der Waals surface area contributed by atoms with Crippen molar-refractivity contribution in [2.24, 2.45) is 0 Å². The summed E-state index contributed by atoms with van der Waals surface area (Å²) in [4.78, 5) is 17.6. The SMILES string of the molecule is CCNc1nnc(-c2nc[nH]c2C(=O)O)n1CC. The second-order valence-corrected chi connectivity index (χ2v) is 3.55. The Hall–Kier alpha value is -2.38. The molecule has 2 aromatic rings. The lowest BCUT2D eigenvalue weighted by atomic mass is 10.3. The van der Waals surface area contributed by atoms with Crippen LogP contribution < -0.4 is 5.32 Å². The average molecular weight is 250 g/mol. The summed E-state index contributed by atoms with van der Waals surface area (Å²) in [5.74, 6) is -0.0282. The van der Waals surface area contributed by atoms with Crippen LogP contribution in [-0.2, 0) is 6.54 Å². The van der Waals surface area contributed by atoms with Crippen LogP contribution in [0.1, 0.15) is 24.3 Å². The minimum atomic E-state index is -1.07. The van der Waals surface area contributed by atoms with Crippen LogP contribution in [0.15, 0.2) is 6.33 Å². The van der Waals surface area contributed by atoms with Crippen molar-refractivity contribution in [3.05, 3.63) is 12.0 Å². The van der Waals surface area contributed by atoms with E-state index in [1.807, 2.05) is 13.8 Å². The lowest BCUT2D eigenvalue weighted by Gasteiger charge is -2.06. The van der Waals surface area contributed by atoms with Gasteiger partial charge in [0.2, 0.25) is 5.95 Å². The Labute approximate surface area is 103 Å². The van der Waals surface area contributed by atoms with Gasteiger partial charge in [-0.25, -0.2) is 9.78 Å². The maximum atomic E-state index is 11.0. The average Bonchev–Trinajstić information content (AvgIpc) is 2.94. The number of aromatic amines is 1. The van der Waals surface area contributed by atoms with Crippen LogP contribution in [0.4, 0.5) is 5.95 Å². The third kappa shape index (κ3) is 1.92. The van der Waals surface area contributed by atoms with Gasteiger partial charge in [0.15, 0.2) is 11.5 Å². The second kappa shape index (κ2) is 4.86. The van der Waals surface area contributed by atoms with Crippen molar-refractivity contribution in [3.8, 4) is 11.5 Å². The van der Waals surface area contributed by atoms with Crippen molar-refractivity contribution in [3.63, 3.8) is 0 Å². The first-order chi connectivity index (χ1) is 8.69. The number of imidazole rings is 1. The number of carbonyl (C=O) groups is 1. The van der Waals surface area contributed by atoms with E-state index in [2.05, 4.69) is 25.5 Å². The minimum absolute atomic E-state index is 0.0140. The molecule has 0 saturated heterocycles. The Bertz CT molecular complexity index is 558. The lowest BCUT2D eigenvalue weighted by Crippen LogP contribution is -2.08. The van der Waals surface area contributed by atoms with E-state index in [1.165, 1.54) is 6.33 Å². The molecule has 3 N–H and O–H groups in total. The van der Waals surface area contributed by atoms with Crippen LogP contribution in [0.2, 0.25) is 0 Å². The number of anilines is 1. The number of hydrogen-bond donors (Lipinski definition) is 3. The zero-order chi connectivity index (χ0) is 13.1. The molecular formula is C10H14N6O2. The van der Waals surface area contributed by atoms with Crippen molar-refractivity contribution in [1.82, 2.24) is 24.7 Å². The molecule has 8 nitrogen and oxygen atoms in total. The highest BCUT2D eigenvalue weighted by Crippen LogP contribution is 2.21. The van der Waals surface area contributed by atoms with Gasteiger partial charge in [0.05, 0.1) is 6.33 Å². The molecule has 0 aliphatic rings. The van der Waals surface area contributed by atoms with Crippen molar-refractivity contribution >= 4 is 11.9 Å². The number of carboxylic acids is 1. The van der Waals surface area contributed by atoms with Crippen LogP contribution in [0.25, 0.3) is 11.5 Å². The van der Waals surface area contributed by atoms with Gasteiger partial charge in [-0.15, -0.1) is 10.2 Å². The number of aromatic carboxylic acids is 1. The highest BCUT2D eigenvalue weighted by atomic mass is 16.4. The van der Waals surface area contributed by atoms with Gasteiger partial charge in [-0.1, -0.05) is 0 Å². The van der Waals surface area contributed by atoms with E-state index in [9.17, 15) is 4.79 Å². The summed E-state index contributed by atoms with van der Waals surface area (Å²) in [6, 6.07) is 0. The van der Waals surface area contributed by atoms with Crippen LogP contribution in [0.5, 0.6) is 0 Å². The molecule has 0 aliphatic carbocycles. The normalized spacial score (nSPS) is 10.6. The predicted molar refractivity (Wildman–Crippen MR) is 64.4 cm³/mol. The molecule has 2 aromatic heterocycles. The Kier molecular flexibility index (Phi) is 3.26. The summed E-state index contributed by atoms with van der Waals surface area (Å²) in [5.41, 5.74) is 0.307. The number of nitrogens with one attached hydrogen (secondary N) is 2. The molecule has 0 bridgehead atoms. The first kappa shape index (κ1) is 12.1. The van der Waals surface area contributed by atoms with Crippen molar-refractivity contribution in [1.29, 1.82) is 0 Å². The standard InChI is InChI=1S/C10H14N6O2/c1-3-11-10-15-14-8(16(10)4-2)6-7(9(17)18)13-5-12-6/h5H,3-4H2,1-2H3,(H,11,15)(H,12,13)(H,17,18). The molecule has 2 heterocycles. The number of nitrogens with zero attached hydrogens (tertiary/aromatic N) is 4. The molecule has 0 aliphatic heterocycles. The third-order valence-corrected chi connectivity index (χ3v) is 2.47. The van der Waals surface area contributed by atoms with Crippen LogP contribution in [0, 0.1) is 0 Å². The van der Waals surface area contributed by atoms with Gasteiger partial charge in [0.25, 0.3) is 0 Å². The molecule has 0 aromatic carbocycles. The molecule has 0 atom stereocenters. The Balaban J connectivity index is 2.50. The topological polar surface area (TPSA) is 109 Å². The number of carboxylic acid groups (broad SMARTS) is 1.